The summed E-state index contributed by atoms with van der Waals surface area (Å²) in [5.41, 5.74) is 4.68. The number of carbonyl (C=O) groups is 3. The minimum absolute atomic E-state index is 0.0456. The van der Waals surface area contributed by atoms with E-state index >= 15 is 0 Å². The minimum atomic E-state index is -0.683. The van der Waals surface area contributed by atoms with Crippen LogP contribution in [-0.4, -0.2) is 22.3 Å². The zero-order valence-corrected chi connectivity index (χ0v) is 20.6. The maximum Gasteiger partial charge on any atom is 0.148 e. The molecule has 0 N–H and O–H groups in total. The van der Waals surface area contributed by atoms with Crippen LogP contribution in [0.5, 0.6) is 0 Å². The van der Waals surface area contributed by atoms with Gasteiger partial charge in [-0.05, 0) is 105 Å². The number of nitrogens with zero attached hydrogens (tertiary/aromatic N) is 2. The number of carbonyl (C=O) groups excluding carboxylic acids is 3. The molecule has 5 rings (SSSR count). The second-order valence-electron chi connectivity index (χ2n) is 11.2. The zero-order chi connectivity index (χ0) is 24.7. The maximum absolute atomic E-state index is 13.4. The van der Waals surface area contributed by atoms with Gasteiger partial charge in [0.25, 0.3) is 0 Å². The second kappa shape index (κ2) is 9.15. The van der Waals surface area contributed by atoms with Crippen LogP contribution in [0.4, 0.5) is 0 Å². The van der Waals surface area contributed by atoms with Gasteiger partial charge in [-0.25, -0.2) is 0 Å². The molecule has 5 heteroatoms. The molecule has 0 saturated heterocycles. The number of hydrogen-bond acceptors (Lipinski definition) is 5. The predicted octanol–water partition coefficient (Wildman–Crippen LogP) is 5.80. The highest BCUT2D eigenvalue weighted by atomic mass is 16.2. The van der Waals surface area contributed by atoms with E-state index in [2.05, 4.69) is 11.1 Å². The Balaban J connectivity index is 1.31. The number of aryl methyl sites for hydroxylation is 2. The fraction of sp³-hybridized carbons (Fsp3) is 0.500. The Morgan fingerprint density at radius 3 is 2.17 bits per heavy atom. The van der Waals surface area contributed by atoms with Crippen LogP contribution in [0.1, 0.15) is 86.0 Å². The lowest BCUT2D eigenvalue weighted by Gasteiger charge is -2.43. The van der Waals surface area contributed by atoms with Crippen LogP contribution in [0.25, 0.3) is 11.3 Å². The van der Waals surface area contributed by atoms with E-state index in [0.29, 0.717) is 42.4 Å². The van der Waals surface area contributed by atoms with Gasteiger partial charge < -0.3 is 0 Å². The van der Waals surface area contributed by atoms with Gasteiger partial charge in [-0.2, -0.15) is 5.26 Å². The first-order valence-electron chi connectivity index (χ1n) is 12.8. The molecule has 1 aromatic carbocycles. The van der Waals surface area contributed by atoms with Gasteiger partial charge in [-0.15, -0.1) is 0 Å². The predicted molar refractivity (Wildman–Crippen MR) is 133 cm³/mol. The molecule has 0 bridgehead atoms. The summed E-state index contributed by atoms with van der Waals surface area (Å²) < 4.78 is 0. The summed E-state index contributed by atoms with van der Waals surface area (Å²) in [5, 5.41) is 9.01. The van der Waals surface area contributed by atoms with Crippen LogP contribution in [0.3, 0.4) is 0 Å². The van der Waals surface area contributed by atoms with Crippen molar-refractivity contribution in [3.05, 3.63) is 52.7 Å². The van der Waals surface area contributed by atoms with Crippen LogP contribution in [0.15, 0.2) is 30.5 Å². The summed E-state index contributed by atoms with van der Waals surface area (Å²) in [7, 11) is 0. The van der Waals surface area contributed by atoms with E-state index in [1.54, 1.807) is 12.3 Å². The molecule has 3 aliphatic carbocycles. The Bertz CT molecular complexity index is 1180. The van der Waals surface area contributed by atoms with Crippen molar-refractivity contribution < 1.29 is 14.4 Å². The van der Waals surface area contributed by atoms with Crippen molar-refractivity contribution in [2.75, 3.05) is 0 Å². The minimum Gasteiger partial charge on any atom is -0.299 e. The lowest BCUT2D eigenvalue weighted by atomic mass is 9.59. The lowest BCUT2D eigenvalue weighted by molar-refractivity contribution is -0.138. The Hall–Kier alpha value is -3.13. The first-order chi connectivity index (χ1) is 16.8. The van der Waals surface area contributed by atoms with E-state index in [9.17, 15) is 14.4 Å². The molecule has 1 aromatic heterocycles. The Kier molecular flexibility index (Phi) is 6.17. The number of aromatic nitrogens is 1. The number of hydrogen-bond donors (Lipinski definition) is 0. The van der Waals surface area contributed by atoms with Crippen molar-refractivity contribution in [1.82, 2.24) is 4.98 Å². The summed E-state index contributed by atoms with van der Waals surface area (Å²) >= 11 is 0. The van der Waals surface area contributed by atoms with E-state index in [0.717, 1.165) is 66.5 Å². The Morgan fingerprint density at radius 1 is 1.03 bits per heavy atom. The molecule has 0 amide bonds. The standard InChI is InChI=1S/C30H32N2O3/c1-18-11-23(24-6-3-21(16-31)17-32-24)12-19(2)28(18)29-26(34)14-30(15-27(29)35)9-7-20(8-10-30)13-25(33)22-4-5-22/h3,6,11-12,17,20,22,29H,4-5,7-10,13-15H2,1-2H3. The van der Waals surface area contributed by atoms with Crippen molar-refractivity contribution in [3.63, 3.8) is 0 Å². The van der Waals surface area contributed by atoms with Gasteiger partial charge in [0.1, 0.15) is 29.3 Å². The smallest absolute Gasteiger partial charge is 0.148 e. The normalized spacial score (nSPS) is 26.5. The third-order valence-electron chi connectivity index (χ3n) is 8.50. The Morgan fingerprint density at radius 2 is 1.66 bits per heavy atom. The number of pyridine rings is 1. The van der Waals surface area contributed by atoms with Gasteiger partial charge >= 0.3 is 0 Å². The molecule has 1 spiro atoms. The number of Topliss-reactive ketones (excluding diaryl/α,β-unsaturated/α-hetero) is 3. The first-order valence-corrected chi connectivity index (χ1v) is 12.8. The largest absolute Gasteiger partial charge is 0.299 e. The van der Waals surface area contributed by atoms with Crippen LogP contribution < -0.4 is 0 Å². The molecular formula is C30H32N2O3. The molecule has 35 heavy (non-hydrogen) atoms. The van der Waals surface area contributed by atoms with Gasteiger partial charge in [-0.1, -0.05) is 0 Å². The summed E-state index contributed by atoms with van der Waals surface area (Å²) in [6, 6.07) is 9.62. The van der Waals surface area contributed by atoms with Gasteiger partial charge in [0.15, 0.2) is 0 Å². The van der Waals surface area contributed by atoms with E-state index in [1.165, 1.54) is 0 Å². The highest BCUT2D eigenvalue weighted by Gasteiger charge is 2.48. The van der Waals surface area contributed by atoms with Crippen molar-refractivity contribution in [2.24, 2.45) is 17.3 Å². The molecule has 3 fully saturated rings. The molecule has 0 radical (unpaired) electrons. The fourth-order valence-corrected chi connectivity index (χ4v) is 6.42. The number of benzene rings is 1. The lowest BCUT2D eigenvalue weighted by Crippen LogP contribution is -2.42. The third kappa shape index (κ3) is 4.72. The summed E-state index contributed by atoms with van der Waals surface area (Å²) in [6.07, 6.45) is 8.94. The molecule has 5 nitrogen and oxygen atoms in total. The van der Waals surface area contributed by atoms with Crippen LogP contribution in [-0.2, 0) is 14.4 Å². The fourth-order valence-electron chi connectivity index (χ4n) is 6.42. The van der Waals surface area contributed by atoms with Crippen LogP contribution in [0.2, 0.25) is 0 Å². The van der Waals surface area contributed by atoms with E-state index < -0.39 is 5.92 Å². The van der Waals surface area contributed by atoms with Gasteiger partial charge in [0.05, 0.1) is 11.3 Å². The quantitative estimate of drug-likeness (QED) is 0.518. The molecule has 0 unspecified atom stereocenters. The van der Waals surface area contributed by atoms with Crippen molar-refractivity contribution in [1.29, 1.82) is 5.26 Å². The Labute approximate surface area is 207 Å². The van der Waals surface area contributed by atoms with Crippen LogP contribution in [0, 0.1) is 42.4 Å². The first kappa shape index (κ1) is 23.6. The average Bonchev–Trinajstić information content (AvgIpc) is 3.68. The third-order valence-corrected chi connectivity index (χ3v) is 8.50. The molecule has 2 aromatic rings. The van der Waals surface area contributed by atoms with Crippen molar-refractivity contribution >= 4 is 17.3 Å². The molecule has 0 aliphatic heterocycles. The molecule has 180 valence electrons. The molecule has 3 saturated carbocycles. The van der Waals surface area contributed by atoms with E-state index in [1.807, 2.05) is 32.0 Å². The van der Waals surface area contributed by atoms with Gasteiger partial charge in [0.2, 0.25) is 0 Å². The summed E-state index contributed by atoms with van der Waals surface area (Å²) in [4.78, 5) is 43.5. The van der Waals surface area contributed by atoms with Gasteiger partial charge in [0, 0.05) is 36.9 Å². The average molecular weight is 469 g/mol. The SMILES string of the molecule is Cc1cc(-c2ccc(C#N)cn2)cc(C)c1C1C(=O)CC2(CCC(CC(=O)C3CC3)CC2)CC1=O. The van der Waals surface area contributed by atoms with Crippen molar-refractivity contribution in [2.45, 2.75) is 77.6 Å². The summed E-state index contributed by atoms with van der Waals surface area (Å²) in [5.74, 6) is 0.568. The molecule has 1 heterocycles. The van der Waals surface area contributed by atoms with E-state index in [-0.39, 0.29) is 17.0 Å². The van der Waals surface area contributed by atoms with E-state index in [4.69, 9.17) is 5.26 Å². The highest BCUT2D eigenvalue weighted by molar-refractivity contribution is 6.10. The monoisotopic (exact) mass is 468 g/mol. The second-order valence-corrected chi connectivity index (χ2v) is 11.2. The maximum atomic E-state index is 13.4. The number of rotatable bonds is 5. The van der Waals surface area contributed by atoms with Gasteiger partial charge in [-0.3, -0.25) is 19.4 Å². The topological polar surface area (TPSA) is 87.9 Å². The number of ketones is 3. The summed E-state index contributed by atoms with van der Waals surface area (Å²) in [6.45, 7) is 3.92. The molecule has 3 aliphatic rings. The molecule has 0 atom stereocenters. The highest BCUT2D eigenvalue weighted by Crippen LogP contribution is 2.51. The van der Waals surface area contributed by atoms with Crippen LogP contribution >= 0.6 is 0 Å². The molecular weight excluding hydrogens is 436 g/mol. The van der Waals surface area contributed by atoms with Crippen molar-refractivity contribution in [3.8, 4) is 17.3 Å². The zero-order valence-electron chi connectivity index (χ0n) is 20.6. The number of nitriles is 1.